The molecule has 146 valence electrons. The molecule has 29 heavy (non-hydrogen) atoms. The highest BCUT2D eigenvalue weighted by Gasteiger charge is 2.17. The molecular formula is C19H14ClN5O3S. The fourth-order valence-electron chi connectivity index (χ4n) is 2.51. The van der Waals surface area contributed by atoms with Crippen molar-refractivity contribution in [2.45, 2.75) is 4.90 Å². The normalized spacial score (nSPS) is 11.2. The van der Waals surface area contributed by atoms with Gasteiger partial charge in [-0.25, -0.2) is 23.4 Å². The van der Waals surface area contributed by atoms with Crippen molar-refractivity contribution in [3.05, 3.63) is 84.7 Å². The molecule has 0 aliphatic heterocycles. The lowest BCUT2D eigenvalue weighted by atomic mass is 10.3. The number of anilines is 1. The third-order valence-corrected chi connectivity index (χ3v) is 5.73. The monoisotopic (exact) mass is 427 g/mol. The van der Waals surface area contributed by atoms with Crippen LogP contribution in [-0.2, 0) is 10.0 Å². The lowest BCUT2D eigenvalue weighted by Crippen LogP contribution is -2.13. The average Bonchev–Trinajstić information content (AvgIpc) is 3.25. The summed E-state index contributed by atoms with van der Waals surface area (Å²) < 4.78 is 34.9. The number of nitrogens with zero attached hydrogens (tertiary/aromatic N) is 4. The van der Waals surface area contributed by atoms with Gasteiger partial charge in [0.2, 0.25) is 5.88 Å². The summed E-state index contributed by atoms with van der Waals surface area (Å²) in [5.41, 5.74) is 0.374. The zero-order valence-electron chi connectivity index (χ0n) is 14.8. The fourth-order valence-corrected chi connectivity index (χ4v) is 4.09. The Morgan fingerprint density at radius 3 is 2.55 bits per heavy atom. The molecule has 2 aromatic heterocycles. The Labute approximate surface area is 171 Å². The van der Waals surface area contributed by atoms with E-state index in [-0.39, 0.29) is 9.92 Å². The Morgan fingerprint density at radius 2 is 1.83 bits per heavy atom. The predicted octanol–water partition coefficient (Wildman–Crippen LogP) is 3.91. The van der Waals surface area contributed by atoms with E-state index in [4.69, 9.17) is 16.3 Å². The quantitative estimate of drug-likeness (QED) is 0.501. The van der Waals surface area contributed by atoms with E-state index < -0.39 is 10.0 Å². The minimum atomic E-state index is -3.80. The molecule has 0 radical (unpaired) electrons. The molecule has 0 saturated heterocycles. The first-order chi connectivity index (χ1) is 14.0. The van der Waals surface area contributed by atoms with Crippen molar-refractivity contribution in [3.8, 4) is 17.4 Å². The summed E-state index contributed by atoms with van der Waals surface area (Å²) in [5, 5.41) is 0.150. The Balaban J connectivity index is 1.49. The predicted molar refractivity (Wildman–Crippen MR) is 108 cm³/mol. The molecule has 2 aromatic carbocycles. The van der Waals surface area contributed by atoms with E-state index in [0.29, 0.717) is 23.1 Å². The van der Waals surface area contributed by atoms with Crippen LogP contribution in [0.5, 0.6) is 11.6 Å². The number of benzene rings is 2. The molecule has 10 heteroatoms. The van der Waals surface area contributed by atoms with Crippen LogP contribution >= 0.6 is 11.6 Å². The molecule has 0 aliphatic rings. The molecule has 0 unspecified atom stereocenters. The van der Waals surface area contributed by atoms with Gasteiger partial charge in [-0.05, 0) is 36.4 Å². The molecule has 0 atom stereocenters. The highest BCUT2D eigenvalue weighted by Crippen LogP contribution is 2.26. The van der Waals surface area contributed by atoms with E-state index in [9.17, 15) is 8.42 Å². The molecule has 2 heterocycles. The second-order valence-electron chi connectivity index (χ2n) is 5.85. The molecule has 0 bridgehead atoms. The van der Waals surface area contributed by atoms with Crippen molar-refractivity contribution >= 4 is 27.3 Å². The van der Waals surface area contributed by atoms with E-state index in [1.54, 1.807) is 65.8 Å². The molecule has 4 aromatic rings. The number of halogens is 1. The van der Waals surface area contributed by atoms with Crippen molar-refractivity contribution in [2.24, 2.45) is 0 Å². The highest BCUT2D eigenvalue weighted by molar-refractivity contribution is 7.92. The van der Waals surface area contributed by atoms with Gasteiger partial charge in [-0.15, -0.1) is 0 Å². The van der Waals surface area contributed by atoms with Crippen molar-refractivity contribution in [1.29, 1.82) is 0 Å². The van der Waals surface area contributed by atoms with Crippen LogP contribution in [0.4, 0.5) is 5.69 Å². The number of hydrogen-bond donors (Lipinski definition) is 1. The van der Waals surface area contributed by atoms with Crippen LogP contribution in [0.25, 0.3) is 5.82 Å². The van der Waals surface area contributed by atoms with Crippen LogP contribution in [0.15, 0.2) is 84.5 Å². The van der Waals surface area contributed by atoms with Gasteiger partial charge in [0, 0.05) is 24.1 Å². The summed E-state index contributed by atoms with van der Waals surface area (Å²) in [7, 11) is -3.80. The van der Waals surface area contributed by atoms with Crippen LogP contribution in [0.1, 0.15) is 0 Å². The molecule has 1 N–H and O–H groups in total. The molecule has 0 amide bonds. The summed E-state index contributed by atoms with van der Waals surface area (Å²) in [4.78, 5) is 12.2. The molecule has 0 fully saturated rings. The molecule has 0 saturated carbocycles. The maximum atomic E-state index is 12.5. The standard InChI is InChI=1S/C19H14ClN5O3S/c20-16-3-1-2-4-17(16)29(26,27)24-14-5-7-15(8-6-14)28-19-11-18(22-12-23-19)25-10-9-21-13-25/h1-13,24H. The van der Waals surface area contributed by atoms with Crippen LogP contribution < -0.4 is 9.46 Å². The van der Waals surface area contributed by atoms with Gasteiger partial charge in [-0.3, -0.25) is 9.29 Å². The number of nitrogens with one attached hydrogen (secondary N) is 1. The Bertz CT molecular complexity index is 1230. The number of imidazole rings is 1. The summed E-state index contributed by atoms with van der Waals surface area (Å²) in [6.45, 7) is 0. The van der Waals surface area contributed by atoms with Gasteiger partial charge >= 0.3 is 0 Å². The minimum Gasteiger partial charge on any atom is -0.439 e. The zero-order chi connectivity index (χ0) is 20.3. The first-order valence-corrected chi connectivity index (χ1v) is 10.2. The van der Waals surface area contributed by atoms with Crippen LogP contribution in [0.2, 0.25) is 5.02 Å². The highest BCUT2D eigenvalue weighted by atomic mass is 35.5. The second kappa shape index (κ2) is 7.90. The number of rotatable bonds is 6. The number of aromatic nitrogens is 4. The SMILES string of the molecule is O=S(=O)(Nc1ccc(Oc2cc(-n3ccnc3)ncn2)cc1)c1ccccc1Cl. The Hall–Kier alpha value is -3.43. The number of ether oxygens (including phenoxy) is 1. The zero-order valence-corrected chi connectivity index (χ0v) is 16.4. The number of hydrogen-bond acceptors (Lipinski definition) is 6. The van der Waals surface area contributed by atoms with Crippen molar-refractivity contribution in [3.63, 3.8) is 0 Å². The van der Waals surface area contributed by atoms with Gasteiger partial charge in [-0.1, -0.05) is 23.7 Å². The third kappa shape index (κ3) is 4.36. The van der Waals surface area contributed by atoms with Crippen LogP contribution in [0, 0.1) is 0 Å². The molecule has 0 aliphatic carbocycles. The van der Waals surface area contributed by atoms with Gasteiger partial charge < -0.3 is 4.74 Å². The van der Waals surface area contributed by atoms with E-state index in [1.807, 2.05) is 0 Å². The van der Waals surface area contributed by atoms with E-state index in [2.05, 4.69) is 19.7 Å². The van der Waals surface area contributed by atoms with E-state index >= 15 is 0 Å². The summed E-state index contributed by atoms with van der Waals surface area (Å²) in [6.07, 6.45) is 6.40. The van der Waals surface area contributed by atoms with Gasteiger partial charge in [-0.2, -0.15) is 0 Å². The third-order valence-electron chi connectivity index (χ3n) is 3.85. The first-order valence-electron chi connectivity index (χ1n) is 8.37. The smallest absolute Gasteiger partial charge is 0.263 e. The minimum absolute atomic E-state index is 0.00927. The van der Waals surface area contributed by atoms with Crippen molar-refractivity contribution in [1.82, 2.24) is 19.5 Å². The summed E-state index contributed by atoms with van der Waals surface area (Å²) in [6, 6.07) is 14.3. The molecule has 4 rings (SSSR count). The maximum absolute atomic E-state index is 12.5. The second-order valence-corrected chi connectivity index (χ2v) is 7.90. The summed E-state index contributed by atoms with van der Waals surface area (Å²) >= 11 is 5.98. The Morgan fingerprint density at radius 1 is 1.03 bits per heavy atom. The van der Waals surface area contributed by atoms with E-state index in [0.717, 1.165) is 0 Å². The van der Waals surface area contributed by atoms with Gasteiger partial charge in [0.05, 0.1) is 5.02 Å². The van der Waals surface area contributed by atoms with Crippen LogP contribution in [-0.4, -0.2) is 27.9 Å². The topological polar surface area (TPSA) is 99.0 Å². The molecule has 0 spiro atoms. The largest absolute Gasteiger partial charge is 0.439 e. The summed E-state index contributed by atoms with van der Waals surface area (Å²) in [5.74, 6) is 1.44. The first kappa shape index (κ1) is 18.9. The van der Waals surface area contributed by atoms with Crippen molar-refractivity contribution in [2.75, 3.05) is 4.72 Å². The van der Waals surface area contributed by atoms with Crippen LogP contribution in [0.3, 0.4) is 0 Å². The lowest BCUT2D eigenvalue weighted by Gasteiger charge is -2.10. The van der Waals surface area contributed by atoms with Gasteiger partial charge in [0.1, 0.15) is 29.1 Å². The maximum Gasteiger partial charge on any atom is 0.263 e. The fraction of sp³-hybridized carbons (Fsp3) is 0. The number of sulfonamides is 1. The Kier molecular flexibility index (Phi) is 5.15. The molecule has 8 nitrogen and oxygen atoms in total. The average molecular weight is 428 g/mol. The lowest BCUT2D eigenvalue weighted by molar-refractivity contribution is 0.461. The van der Waals surface area contributed by atoms with Gasteiger partial charge in [0.25, 0.3) is 10.0 Å². The van der Waals surface area contributed by atoms with E-state index in [1.165, 1.54) is 18.5 Å². The molecular weight excluding hydrogens is 414 g/mol. The van der Waals surface area contributed by atoms with Gasteiger partial charge in [0.15, 0.2) is 0 Å². The van der Waals surface area contributed by atoms with Crippen molar-refractivity contribution < 1.29 is 13.2 Å².